The van der Waals surface area contributed by atoms with Crippen LogP contribution in [0.25, 0.3) is 6.08 Å². The van der Waals surface area contributed by atoms with Gasteiger partial charge >= 0.3 is 5.97 Å². The lowest BCUT2D eigenvalue weighted by atomic mass is 10.0. The van der Waals surface area contributed by atoms with Crippen molar-refractivity contribution in [3.63, 3.8) is 0 Å². The van der Waals surface area contributed by atoms with Crippen molar-refractivity contribution in [2.75, 3.05) is 7.11 Å². The maximum absolute atomic E-state index is 10.8. The Balaban J connectivity index is 3.33. The first-order valence-electron chi connectivity index (χ1n) is 4.60. The van der Waals surface area contributed by atoms with Gasteiger partial charge in [0.2, 0.25) is 0 Å². The van der Waals surface area contributed by atoms with Crippen LogP contribution < -0.4 is 4.74 Å². The monoisotopic (exact) mass is 231 g/mol. The van der Waals surface area contributed by atoms with E-state index in [-0.39, 0.29) is 16.9 Å². The maximum atomic E-state index is 10.8. The molecule has 1 aromatic rings. The summed E-state index contributed by atoms with van der Waals surface area (Å²) in [6, 6.07) is 4.77. The number of methoxy groups -OCH3 is 1. The van der Waals surface area contributed by atoms with Gasteiger partial charge in [-0.25, -0.2) is 4.79 Å². The Hall–Kier alpha value is -2.61. The molecule has 17 heavy (non-hydrogen) atoms. The van der Waals surface area contributed by atoms with Gasteiger partial charge in [-0.15, -0.1) is 0 Å². The van der Waals surface area contributed by atoms with Crippen LogP contribution in [0.1, 0.15) is 21.5 Å². The van der Waals surface area contributed by atoms with Crippen LogP contribution in [0.3, 0.4) is 0 Å². The highest BCUT2D eigenvalue weighted by molar-refractivity contribution is 5.87. The molecule has 86 valence electrons. The first kappa shape index (κ1) is 12.5. The summed E-state index contributed by atoms with van der Waals surface area (Å²) in [6.07, 6.45) is 2.79. The molecule has 5 heteroatoms. The second-order valence-electron chi connectivity index (χ2n) is 3.09. The smallest absolute Gasteiger partial charge is 0.328 e. The van der Waals surface area contributed by atoms with E-state index in [2.05, 4.69) is 0 Å². The summed E-state index contributed by atoms with van der Waals surface area (Å²) in [5.74, 6) is -0.856. The van der Waals surface area contributed by atoms with E-state index in [4.69, 9.17) is 15.1 Å². The Morgan fingerprint density at radius 1 is 1.53 bits per heavy atom. The number of rotatable bonds is 4. The van der Waals surface area contributed by atoms with E-state index in [1.54, 1.807) is 0 Å². The van der Waals surface area contributed by atoms with Crippen molar-refractivity contribution in [2.45, 2.75) is 0 Å². The number of hydrogen-bond acceptors (Lipinski definition) is 4. The minimum Gasteiger partial charge on any atom is -0.496 e. The molecule has 5 nitrogen and oxygen atoms in total. The van der Waals surface area contributed by atoms with Crippen LogP contribution in [0.2, 0.25) is 0 Å². The Bertz CT molecular complexity index is 526. The molecule has 0 aliphatic heterocycles. The Labute approximate surface area is 97.6 Å². The molecule has 0 unspecified atom stereocenters. The number of nitriles is 1. The third kappa shape index (κ3) is 2.92. The van der Waals surface area contributed by atoms with Crippen molar-refractivity contribution >= 4 is 18.3 Å². The fraction of sp³-hybridized carbons (Fsp3) is 0.0833. The SMILES string of the molecule is COc1cc(/C=C/C(=O)O)cc(C#N)c1C=O. The topological polar surface area (TPSA) is 87.4 Å². The average Bonchev–Trinajstić information content (AvgIpc) is 2.34. The summed E-state index contributed by atoms with van der Waals surface area (Å²) in [6.45, 7) is 0. The van der Waals surface area contributed by atoms with Crippen molar-refractivity contribution in [3.8, 4) is 11.8 Å². The van der Waals surface area contributed by atoms with Gasteiger partial charge in [0, 0.05) is 6.08 Å². The molecule has 0 saturated carbocycles. The zero-order valence-corrected chi connectivity index (χ0v) is 9.01. The molecule has 0 atom stereocenters. The summed E-state index contributed by atoms with van der Waals surface area (Å²) in [7, 11) is 1.37. The summed E-state index contributed by atoms with van der Waals surface area (Å²) in [5.41, 5.74) is 0.776. The van der Waals surface area contributed by atoms with E-state index in [0.29, 0.717) is 11.8 Å². The van der Waals surface area contributed by atoms with Gasteiger partial charge in [0.15, 0.2) is 6.29 Å². The quantitative estimate of drug-likeness (QED) is 0.626. The van der Waals surface area contributed by atoms with Crippen molar-refractivity contribution in [1.82, 2.24) is 0 Å². The van der Waals surface area contributed by atoms with Crippen LogP contribution in [0.5, 0.6) is 5.75 Å². The van der Waals surface area contributed by atoms with Crippen molar-refractivity contribution in [3.05, 3.63) is 34.9 Å². The van der Waals surface area contributed by atoms with Gasteiger partial charge in [0.05, 0.1) is 18.2 Å². The lowest BCUT2D eigenvalue weighted by Gasteiger charge is -2.06. The maximum Gasteiger partial charge on any atom is 0.328 e. The molecule has 0 amide bonds. The van der Waals surface area contributed by atoms with E-state index < -0.39 is 5.97 Å². The lowest BCUT2D eigenvalue weighted by molar-refractivity contribution is -0.131. The van der Waals surface area contributed by atoms with Gasteiger partial charge in [0.25, 0.3) is 0 Å². The van der Waals surface area contributed by atoms with Crippen LogP contribution in [-0.4, -0.2) is 24.5 Å². The van der Waals surface area contributed by atoms with Crippen LogP contribution in [0.15, 0.2) is 18.2 Å². The molecule has 0 saturated heterocycles. The first-order chi connectivity index (χ1) is 8.12. The second-order valence-corrected chi connectivity index (χ2v) is 3.09. The van der Waals surface area contributed by atoms with E-state index in [9.17, 15) is 9.59 Å². The third-order valence-corrected chi connectivity index (χ3v) is 2.04. The number of carbonyl (C=O) groups is 2. The Morgan fingerprint density at radius 2 is 2.24 bits per heavy atom. The van der Waals surface area contributed by atoms with Gasteiger partial charge < -0.3 is 9.84 Å². The summed E-state index contributed by atoms with van der Waals surface area (Å²) >= 11 is 0. The number of carbonyl (C=O) groups excluding carboxylic acids is 1. The van der Waals surface area contributed by atoms with Crippen molar-refractivity contribution in [2.24, 2.45) is 0 Å². The lowest BCUT2D eigenvalue weighted by Crippen LogP contribution is -1.96. The molecule has 0 bridgehead atoms. The summed E-state index contributed by atoms with van der Waals surface area (Å²) in [4.78, 5) is 21.2. The minimum atomic E-state index is -1.10. The van der Waals surface area contributed by atoms with Crippen molar-refractivity contribution in [1.29, 1.82) is 5.26 Å². The number of ether oxygens (including phenoxy) is 1. The molecule has 0 aromatic heterocycles. The van der Waals surface area contributed by atoms with Gasteiger partial charge in [-0.2, -0.15) is 5.26 Å². The number of hydrogen-bond donors (Lipinski definition) is 1. The Kier molecular flexibility index (Phi) is 4.01. The first-order valence-corrected chi connectivity index (χ1v) is 4.60. The van der Waals surface area contributed by atoms with Crippen LogP contribution >= 0.6 is 0 Å². The largest absolute Gasteiger partial charge is 0.496 e. The number of aldehydes is 1. The summed E-state index contributed by atoms with van der Waals surface area (Å²) in [5, 5.41) is 17.4. The molecule has 1 rings (SSSR count). The van der Waals surface area contributed by atoms with Gasteiger partial charge in [-0.05, 0) is 23.8 Å². The Morgan fingerprint density at radius 3 is 2.71 bits per heavy atom. The highest BCUT2D eigenvalue weighted by atomic mass is 16.5. The van der Waals surface area contributed by atoms with Gasteiger partial charge in [0.1, 0.15) is 11.8 Å². The van der Waals surface area contributed by atoms with Crippen LogP contribution in [-0.2, 0) is 4.79 Å². The number of carboxylic acid groups (broad SMARTS) is 1. The summed E-state index contributed by atoms with van der Waals surface area (Å²) < 4.78 is 4.96. The molecular formula is C12H9NO4. The number of aliphatic carboxylic acids is 1. The minimum absolute atomic E-state index is 0.143. The standard InChI is InChI=1S/C12H9NO4/c1-17-11-5-8(2-3-12(15)16)4-9(6-13)10(11)7-14/h2-5,7H,1H3,(H,15,16)/b3-2+. The van der Waals surface area contributed by atoms with Crippen LogP contribution in [0.4, 0.5) is 0 Å². The highest BCUT2D eigenvalue weighted by Gasteiger charge is 2.09. The normalized spacial score (nSPS) is 9.88. The molecule has 0 spiro atoms. The molecule has 0 fully saturated rings. The zero-order chi connectivity index (χ0) is 12.8. The molecular weight excluding hydrogens is 222 g/mol. The second kappa shape index (κ2) is 5.47. The predicted molar refractivity (Wildman–Crippen MR) is 59.8 cm³/mol. The molecule has 1 aromatic carbocycles. The van der Waals surface area contributed by atoms with E-state index in [0.717, 1.165) is 6.08 Å². The van der Waals surface area contributed by atoms with E-state index in [1.165, 1.54) is 25.3 Å². The number of benzene rings is 1. The van der Waals surface area contributed by atoms with Crippen molar-refractivity contribution < 1.29 is 19.4 Å². The van der Waals surface area contributed by atoms with E-state index >= 15 is 0 Å². The fourth-order valence-corrected chi connectivity index (χ4v) is 1.29. The fourth-order valence-electron chi connectivity index (χ4n) is 1.29. The number of nitrogens with zero attached hydrogens (tertiary/aromatic N) is 1. The molecule has 0 aliphatic rings. The van der Waals surface area contributed by atoms with E-state index in [1.807, 2.05) is 6.07 Å². The highest BCUT2D eigenvalue weighted by Crippen LogP contribution is 2.23. The number of carboxylic acids is 1. The molecule has 0 heterocycles. The molecule has 0 aliphatic carbocycles. The molecule has 0 radical (unpaired) electrons. The van der Waals surface area contributed by atoms with Crippen LogP contribution in [0, 0.1) is 11.3 Å². The zero-order valence-electron chi connectivity index (χ0n) is 9.01. The van der Waals surface area contributed by atoms with Gasteiger partial charge in [-0.1, -0.05) is 0 Å². The third-order valence-electron chi connectivity index (χ3n) is 2.04. The molecule has 1 N–H and O–H groups in total. The van der Waals surface area contributed by atoms with Gasteiger partial charge in [-0.3, -0.25) is 4.79 Å². The average molecular weight is 231 g/mol. The predicted octanol–water partition coefficient (Wildman–Crippen LogP) is 1.48.